The molecule has 0 atom stereocenters. The topological polar surface area (TPSA) is 66.6 Å². The predicted molar refractivity (Wildman–Crippen MR) is 75.1 cm³/mol. The van der Waals surface area contributed by atoms with Crippen LogP contribution < -0.4 is 11.2 Å². The highest BCUT2D eigenvalue weighted by molar-refractivity contribution is 6.62. The van der Waals surface area contributed by atoms with Crippen LogP contribution in [0.25, 0.3) is 0 Å². The molecule has 0 radical (unpaired) electrons. The van der Waals surface area contributed by atoms with Crippen molar-refractivity contribution in [2.24, 2.45) is 0 Å². The third-order valence-corrected chi connectivity index (χ3v) is 3.85. The molecule has 1 saturated heterocycles. The lowest BCUT2D eigenvalue weighted by Gasteiger charge is -2.32. The summed E-state index contributed by atoms with van der Waals surface area (Å²) in [4.78, 5) is 4.18. The molecule has 0 saturated carbocycles. The van der Waals surface area contributed by atoms with Gasteiger partial charge in [-0.3, -0.25) is 0 Å². The van der Waals surface area contributed by atoms with Crippen LogP contribution in [0.15, 0.2) is 12.3 Å². The van der Waals surface area contributed by atoms with Gasteiger partial charge < -0.3 is 19.8 Å². The largest absolute Gasteiger partial charge is 0.496 e. The summed E-state index contributed by atoms with van der Waals surface area (Å²) in [6, 6.07) is 1.92. The van der Waals surface area contributed by atoms with Crippen molar-refractivity contribution in [2.75, 3.05) is 12.8 Å². The monoisotopic (exact) mass is 264 g/mol. The fourth-order valence-electron chi connectivity index (χ4n) is 1.92. The number of pyridine rings is 1. The maximum atomic E-state index is 5.98. The summed E-state index contributed by atoms with van der Waals surface area (Å²) >= 11 is 0. The molecule has 0 bridgehead atoms. The van der Waals surface area contributed by atoms with Gasteiger partial charge in [-0.05, 0) is 27.7 Å². The minimum absolute atomic E-state index is 0.361. The molecule has 1 aromatic rings. The standard InChI is InChI=1S/C13H21BN2O3/c1-12(2)13(3,4)19-14(18-12)10-6-9(8-17-5)11(15)16-7-10/h6-7H,8H2,1-5H3,(H2,15,16). The smallest absolute Gasteiger partial charge is 0.399 e. The minimum Gasteiger partial charge on any atom is -0.399 e. The van der Waals surface area contributed by atoms with Crippen molar-refractivity contribution in [3.05, 3.63) is 17.8 Å². The zero-order valence-electron chi connectivity index (χ0n) is 12.2. The van der Waals surface area contributed by atoms with Crippen LogP contribution in [0.4, 0.5) is 5.82 Å². The van der Waals surface area contributed by atoms with Gasteiger partial charge in [0.15, 0.2) is 0 Å². The summed E-state index contributed by atoms with van der Waals surface area (Å²) in [5.74, 6) is 0.474. The van der Waals surface area contributed by atoms with Gasteiger partial charge in [0, 0.05) is 24.3 Å². The number of nitrogens with zero attached hydrogens (tertiary/aromatic N) is 1. The van der Waals surface area contributed by atoms with E-state index < -0.39 is 7.12 Å². The van der Waals surface area contributed by atoms with Crippen LogP contribution >= 0.6 is 0 Å². The summed E-state index contributed by atoms with van der Waals surface area (Å²) in [7, 11) is 1.20. The van der Waals surface area contributed by atoms with Gasteiger partial charge in [0.25, 0.3) is 0 Å². The Balaban J connectivity index is 2.27. The number of hydrogen-bond donors (Lipinski definition) is 1. The average Bonchev–Trinajstić information content (AvgIpc) is 2.51. The summed E-state index contributed by atoms with van der Waals surface area (Å²) in [5, 5.41) is 0. The number of nitrogen functional groups attached to an aromatic ring is 1. The molecule has 2 rings (SSSR count). The maximum Gasteiger partial charge on any atom is 0.496 e. The van der Waals surface area contributed by atoms with Gasteiger partial charge in [0.05, 0.1) is 17.8 Å². The first-order valence-electron chi connectivity index (χ1n) is 6.36. The van der Waals surface area contributed by atoms with Crippen molar-refractivity contribution in [3.63, 3.8) is 0 Å². The Bertz CT molecular complexity index is 461. The molecule has 1 aliphatic heterocycles. The van der Waals surface area contributed by atoms with Crippen LogP contribution in [0.2, 0.25) is 0 Å². The molecular formula is C13H21BN2O3. The molecule has 5 nitrogen and oxygen atoms in total. The first-order chi connectivity index (χ1) is 8.77. The highest BCUT2D eigenvalue weighted by Crippen LogP contribution is 2.36. The molecule has 1 fully saturated rings. The van der Waals surface area contributed by atoms with E-state index in [1.807, 2.05) is 33.8 Å². The second-order valence-corrected chi connectivity index (χ2v) is 5.83. The van der Waals surface area contributed by atoms with Crippen molar-refractivity contribution in [3.8, 4) is 0 Å². The second kappa shape index (κ2) is 4.78. The lowest BCUT2D eigenvalue weighted by atomic mass is 9.79. The molecule has 0 amide bonds. The molecular weight excluding hydrogens is 243 g/mol. The molecule has 0 unspecified atom stereocenters. The van der Waals surface area contributed by atoms with E-state index in [9.17, 15) is 0 Å². The number of aromatic nitrogens is 1. The summed E-state index contributed by atoms with van der Waals surface area (Å²) in [5.41, 5.74) is 6.79. The summed E-state index contributed by atoms with van der Waals surface area (Å²) < 4.78 is 17.1. The van der Waals surface area contributed by atoms with Gasteiger partial charge in [-0.25, -0.2) is 4.98 Å². The van der Waals surface area contributed by atoms with E-state index in [2.05, 4.69) is 4.98 Å². The molecule has 0 aliphatic carbocycles. The number of nitrogens with two attached hydrogens (primary N) is 1. The summed E-state index contributed by atoms with van der Waals surface area (Å²) in [6.45, 7) is 8.51. The van der Waals surface area contributed by atoms with Crippen LogP contribution in [0.3, 0.4) is 0 Å². The van der Waals surface area contributed by atoms with Gasteiger partial charge in [-0.15, -0.1) is 0 Å². The first-order valence-corrected chi connectivity index (χ1v) is 6.36. The van der Waals surface area contributed by atoms with Crippen LogP contribution in [-0.4, -0.2) is 30.4 Å². The fraction of sp³-hybridized carbons (Fsp3) is 0.615. The van der Waals surface area contributed by atoms with E-state index in [4.69, 9.17) is 19.8 Å². The van der Waals surface area contributed by atoms with E-state index in [1.165, 1.54) is 0 Å². The zero-order chi connectivity index (χ0) is 14.3. The highest BCUT2D eigenvalue weighted by Gasteiger charge is 2.51. The summed E-state index contributed by atoms with van der Waals surface area (Å²) in [6.07, 6.45) is 1.69. The highest BCUT2D eigenvalue weighted by atomic mass is 16.7. The molecule has 19 heavy (non-hydrogen) atoms. The van der Waals surface area contributed by atoms with Gasteiger partial charge in [-0.2, -0.15) is 0 Å². The van der Waals surface area contributed by atoms with Gasteiger partial charge in [-0.1, -0.05) is 6.07 Å². The van der Waals surface area contributed by atoms with E-state index in [1.54, 1.807) is 13.3 Å². The maximum absolute atomic E-state index is 5.98. The van der Waals surface area contributed by atoms with E-state index in [-0.39, 0.29) is 11.2 Å². The fourth-order valence-corrected chi connectivity index (χ4v) is 1.92. The Morgan fingerprint density at radius 2 is 1.84 bits per heavy atom. The number of anilines is 1. The minimum atomic E-state index is -0.422. The van der Waals surface area contributed by atoms with E-state index >= 15 is 0 Å². The zero-order valence-corrected chi connectivity index (χ0v) is 12.2. The predicted octanol–water partition coefficient (Wildman–Crippen LogP) is 1.11. The molecule has 2 heterocycles. The average molecular weight is 264 g/mol. The normalized spacial score (nSPS) is 20.8. The molecule has 104 valence electrons. The molecule has 1 aromatic heterocycles. The van der Waals surface area contributed by atoms with Crippen LogP contribution in [0.1, 0.15) is 33.3 Å². The Kier molecular flexibility index (Phi) is 3.60. The lowest BCUT2D eigenvalue weighted by Crippen LogP contribution is -2.41. The molecule has 6 heteroatoms. The van der Waals surface area contributed by atoms with Crippen LogP contribution in [-0.2, 0) is 20.7 Å². The first kappa shape index (κ1) is 14.3. The van der Waals surface area contributed by atoms with E-state index in [0.717, 1.165) is 11.0 Å². The number of hydrogen-bond acceptors (Lipinski definition) is 5. The van der Waals surface area contributed by atoms with Crippen LogP contribution in [0, 0.1) is 0 Å². The van der Waals surface area contributed by atoms with Crippen molar-refractivity contribution >= 4 is 18.4 Å². The third kappa shape index (κ3) is 2.61. The molecule has 1 aliphatic rings. The van der Waals surface area contributed by atoms with E-state index in [0.29, 0.717) is 12.4 Å². The second-order valence-electron chi connectivity index (χ2n) is 5.83. The van der Waals surface area contributed by atoms with Crippen molar-refractivity contribution in [1.82, 2.24) is 4.98 Å². The Labute approximate surface area is 114 Å². The quantitative estimate of drug-likeness (QED) is 0.828. The van der Waals surface area contributed by atoms with Gasteiger partial charge in [0.2, 0.25) is 0 Å². The van der Waals surface area contributed by atoms with Crippen molar-refractivity contribution < 1.29 is 14.0 Å². The Hall–Kier alpha value is -1.11. The number of ether oxygens (including phenoxy) is 1. The van der Waals surface area contributed by atoms with Crippen molar-refractivity contribution in [2.45, 2.75) is 45.5 Å². The Morgan fingerprint density at radius 3 is 2.37 bits per heavy atom. The Morgan fingerprint density at radius 1 is 1.26 bits per heavy atom. The number of rotatable bonds is 3. The molecule has 0 spiro atoms. The molecule has 0 aromatic carbocycles. The van der Waals surface area contributed by atoms with Crippen LogP contribution in [0.5, 0.6) is 0 Å². The van der Waals surface area contributed by atoms with Crippen molar-refractivity contribution in [1.29, 1.82) is 0 Å². The lowest BCUT2D eigenvalue weighted by molar-refractivity contribution is 0.00578. The van der Waals surface area contributed by atoms with Gasteiger partial charge >= 0.3 is 7.12 Å². The third-order valence-electron chi connectivity index (χ3n) is 3.85. The SMILES string of the molecule is COCc1cc(B2OC(C)(C)C(C)(C)O2)cnc1N. The number of methoxy groups -OCH3 is 1. The molecule has 2 N–H and O–H groups in total. The van der Waals surface area contributed by atoms with Gasteiger partial charge in [0.1, 0.15) is 5.82 Å².